The number of nitrogens with one attached hydrogen (secondary N) is 1. The van der Waals surface area contributed by atoms with Crippen LogP contribution >= 0.6 is 0 Å². The zero-order chi connectivity index (χ0) is 11.4. The Morgan fingerprint density at radius 3 is 2.40 bits per heavy atom. The quantitative estimate of drug-likeness (QED) is 0.694. The van der Waals surface area contributed by atoms with E-state index in [-0.39, 0.29) is 12.2 Å². The fourth-order valence-electron chi connectivity index (χ4n) is 1.25. The third-order valence-corrected chi connectivity index (χ3v) is 2.15. The lowest BCUT2D eigenvalue weighted by Gasteiger charge is -2.39. The molecule has 0 aliphatic carbocycles. The molecular formula is C9H16F3NO2. The smallest absolute Gasteiger partial charge is 0.373 e. The number of hydrogen-bond donors (Lipinski definition) is 1. The van der Waals surface area contributed by atoms with Crippen molar-refractivity contribution in [1.29, 1.82) is 0 Å². The van der Waals surface area contributed by atoms with Gasteiger partial charge in [0.2, 0.25) is 0 Å². The Bertz CT molecular complexity index is 192. The Hall–Kier alpha value is -0.330. The number of alkyl halides is 3. The molecule has 0 unspecified atom stereocenters. The van der Waals surface area contributed by atoms with Crippen LogP contribution in [0, 0.1) is 0 Å². The number of hydrogen-bond acceptors (Lipinski definition) is 3. The van der Waals surface area contributed by atoms with Crippen LogP contribution in [0.15, 0.2) is 0 Å². The summed E-state index contributed by atoms with van der Waals surface area (Å²) in [6.07, 6.45) is -3.74. The van der Waals surface area contributed by atoms with Crippen molar-refractivity contribution in [3.8, 4) is 0 Å². The highest BCUT2D eigenvalue weighted by atomic mass is 19.4. The minimum atomic E-state index is -4.23. The van der Waals surface area contributed by atoms with Gasteiger partial charge in [0, 0.05) is 26.3 Å². The van der Waals surface area contributed by atoms with Crippen molar-refractivity contribution in [2.24, 2.45) is 0 Å². The molecule has 1 fully saturated rings. The van der Waals surface area contributed by atoms with E-state index in [9.17, 15) is 13.2 Å². The maximum atomic E-state index is 11.7. The first-order valence-electron chi connectivity index (χ1n) is 4.90. The summed E-state index contributed by atoms with van der Waals surface area (Å²) < 4.78 is 44.9. The first kappa shape index (κ1) is 12.7. The maximum Gasteiger partial charge on any atom is 0.411 e. The fourth-order valence-corrected chi connectivity index (χ4v) is 1.25. The summed E-state index contributed by atoms with van der Waals surface area (Å²) in [5.41, 5.74) is -0.135. The lowest BCUT2D eigenvalue weighted by molar-refractivity contribution is -0.175. The second-order valence-corrected chi connectivity index (χ2v) is 3.92. The van der Waals surface area contributed by atoms with Crippen LogP contribution in [0.3, 0.4) is 0 Å². The molecule has 0 radical (unpaired) electrons. The molecule has 1 aliphatic heterocycles. The number of rotatable bonds is 6. The highest BCUT2D eigenvalue weighted by Gasteiger charge is 2.32. The van der Waals surface area contributed by atoms with Crippen molar-refractivity contribution < 1.29 is 22.6 Å². The Kier molecular flexibility index (Phi) is 4.36. The molecule has 1 heterocycles. The van der Waals surface area contributed by atoms with Crippen molar-refractivity contribution in [3.63, 3.8) is 0 Å². The van der Waals surface area contributed by atoms with Gasteiger partial charge in [-0.15, -0.1) is 0 Å². The van der Waals surface area contributed by atoms with E-state index < -0.39 is 12.8 Å². The maximum absolute atomic E-state index is 11.7. The summed E-state index contributed by atoms with van der Waals surface area (Å²) in [7, 11) is 0. The van der Waals surface area contributed by atoms with E-state index in [1.165, 1.54) is 0 Å². The van der Waals surface area contributed by atoms with Crippen LogP contribution in [0.25, 0.3) is 0 Å². The SMILES string of the molecule is CC1(OCCCOCC(F)(F)F)CNC1. The third-order valence-electron chi connectivity index (χ3n) is 2.15. The van der Waals surface area contributed by atoms with Crippen molar-refractivity contribution >= 4 is 0 Å². The zero-order valence-electron chi connectivity index (χ0n) is 8.69. The van der Waals surface area contributed by atoms with E-state index in [0.717, 1.165) is 13.1 Å². The summed E-state index contributed by atoms with van der Waals surface area (Å²) in [6.45, 7) is 2.93. The first-order valence-corrected chi connectivity index (χ1v) is 4.90. The summed E-state index contributed by atoms with van der Waals surface area (Å²) in [4.78, 5) is 0. The molecule has 3 nitrogen and oxygen atoms in total. The number of halogens is 3. The predicted molar refractivity (Wildman–Crippen MR) is 48.7 cm³/mol. The van der Waals surface area contributed by atoms with Gasteiger partial charge in [0.05, 0.1) is 5.60 Å². The number of ether oxygens (including phenoxy) is 2. The lowest BCUT2D eigenvalue weighted by atomic mass is 10.0. The van der Waals surface area contributed by atoms with E-state index in [1.807, 2.05) is 6.92 Å². The van der Waals surface area contributed by atoms with Gasteiger partial charge in [-0.3, -0.25) is 0 Å². The Morgan fingerprint density at radius 2 is 1.93 bits per heavy atom. The molecular weight excluding hydrogens is 211 g/mol. The van der Waals surface area contributed by atoms with Crippen LogP contribution in [0.5, 0.6) is 0 Å². The molecule has 0 bridgehead atoms. The van der Waals surface area contributed by atoms with Crippen LogP contribution in [-0.2, 0) is 9.47 Å². The molecule has 0 aromatic carbocycles. The fraction of sp³-hybridized carbons (Fsp3) is 1.00. The van der Waals surface area contributed by atoms with Crippen molar-refractivity contribution in [1.82, 2.24) is 5.32 Å². The van der Waals surface area contributed by atoms with Crippen LogP contribution in [0.2, 0.25) is 0 Å². The topological polar surface area (TPSA) is 30.5 Å². The average Bonchev–Trinajstić information content (AvgIpc) is 2.06. The van der Waals surface area contributed by atoms with E-state index in [1.54, 1.807) is 0 Å². The molecule has 90 valence electrons. The van der Waals surface area contributed by atoms with Gasteiger partial charge >= 0.3 is 6.18 Å². The molecule has 1 N–H and O–H groups in total. The van der Waals surface area contributed by atoms with Gasteiger partial charge in [-0.1, -0.05) is 0 Å². The normalized spacial score (nSPS) is 20.0. The molecule has 0 aromatic rings. The second-order valence-electron chi connectivity index (χ2n) is 3.92. The van der Waals surface area contributed by atoms with Crippen molar-refractivity contribution in [2.75, 3.05) is 32.9 Å². The van der Waals surface area contributed by atoms with Gasteiger partial charge in [-0.2, -0.15) is 13.2 Å². The predicted octanol–water partition coefficient (Wildman–Crippen LogP) is 1.33. The van der Waals surface area contributed by atoms with E-state index in [2.05, 4.69) is 10.1 Å². The van der Waals surface area contributed by atoms with Gasteiger partial charge in [0.15, 0.2) is 0 Å². The van der Waals surface area contributed by atoms with Gasteiger partial charge in [-0.25, -0.2) is 0 Å². The van der Waals surface area contributed by atoms with Gasteiger partial charge in [-0.05, 0) is 13.3 Å². The zero-order valence-corrected chi connectivity index (χ0v) is 8.69. The Morgan fingerprint density at radius 1 is 1.27 bits per heavy atom. The van der Waals surface area contributed by atoms with Gasteiger partial charge in [0.25, 0.3) is 0 Å². The minimum Gasteiger partial charge on any atom is -0.373 e. The summed E-state index contributed by atoms with van der Waals surface area (Å²) in [5, 5.41) is 3.07. The Labute approximate surface area is 86.9 Å². The van der Waals surface area contributed by atoms with E-state index >= 15 is 0 Å². The standard InChI is InChI=1S/C9H16F3NO2/c1-8(5-13-6-8)15-4-2-3-14-7-9(10,11)12/h13H,2-7H2,1H3. The minimum absolute atomic E-state index is 0.0863. The third kappa shape index (κ3) is 5.34. The Balaban J connectivity index is 1.89. The summed E-state index contributed by atoms with van der Waals surface area (Å²) in [6, 6.07) is 0. The van der Waals surface area contributed by atoms with E-state index in [0.29, 0.717) is 13.0 Å². The molecule has 0 spiro atoms. The second kappa shape index (κ2) is 5.14. The van der Waals surface area contributed by atoms with Crippen LogP contribution < -0.4 is 5.32 Å². The van der Waals surface area contributed by atoms with Crippen molar-refractivity contribution in [2.45, 2.75) is 25.1 Å². The van der Waals surface area contributed by atoms with Gasteiger partial charge in [0.1, 0.15) is 6.61 Å². The molecule has 1 saturated heterocycles. The van der Waals surface area contributed by atoms with Crippen LogP contribution in [0.1, 0.15) is 13.3 Å². The molecule has 15 heavy (non-hydrogen) atoms. The summed E-state index contributed by atoms with van der Waals surface area (Å²) >= 11 is 0. The van der Waals surface area contributed by atoms with Crippen LogP contribution in [0.4, 0.5) is 13.2 Å². The molecule has 0 atom stereocenters. The monoisotopic (exact) mass is 227 g/mol. The summed E-state index contributed by atoms with van der Waals surface area (Å²) in [5.74, 6) is 0. The highest BCUT2D eigenvalue weighted by molar-refractivity contribution is 4.89. The molecule has 0 aromatic heterocycles. The first-order chi connectivity index (χ1) is 6.91. The molecule has 0 amide bonds. The van der Waals surface area contributed by atoms with E-state index in [4.69, 9.17) is 4.74 Å². The van der Waals surface area contributed by atoms with Gasteiger partial charge < -0.3 is 14.8 Å². The molecule has 0 saturated carbocycles. The van der Waals surface area contributed by atoms with Crippen LogP contribution in [-0.4, -0.2) is 44.7 Å². The average molecular weight is 227 g/mol. The molecule has 1 rings (SSSR count). The molecule has 1 aliphatic rings. The largest absolute Gasteiger partial charge is 0.411 e. The van der Waals surface area contributed by atoms with Crippen molar-refractivity contribution in [3.05, 3.63) is 0 Å². The lowest BCUT2D eigenvalue weighted by Crippen LogP contribution is -2.59. The highest BCUT2D eigenvalue weighted by Crippen LogP contribution is 2.16. The molecule has 6 heteroatoms.